The van der Waals surface area contributed by atoms with E-state index in [9.17, 15) is 14.4 Å². The lowest BCUT2D eigenvalue weighted by Gasteiger charge is -2.02. The Morgan fingerprint density at radius 2 is 2.00 bits per heavy atom. The Balaban J connectivity index is 3.23. The van der Waals surface area contributed by atoms with Crippen molar-refractivity contribution in [2.24, 2.45) is 0 Å². The molecule has 0 aliphatic heterocycles. The third kappa shape index (κ3) is 2.03. The molecule has 1 unspecified atom stereocenters. The van der Waals surface area contributed by atoms with Crippen molar-refractivity contribution < 1.29 is 15.0 Å². The monoisotopic (exact) mass is 186 g/mol. The Hall–Kier alpha value is -1.89. The first kappa shape index (κ1) is 9.20. The number of aliphatic carboxylic acids is 1. The number of nitrogens with one attached hydrogen (secondary N) is 2. The maximum absolute atomic E-state index is 10.7. The van der Waals surface area contributed by atoms with Crippen LogP contribution in [0.25, 0.3) is 0 Å². The molecule has 1 atom stereocenters. The van der Waals surface area contributed by atoms with Crippen LogP contribution in [0.2, 0.25) is 0 Å². The number of hydrogen-bond acceptors (Lipinski definition) is 4. The lowest BCUT2D eigenvalue weighted by atomic mass is 10.2. The first-order chi connectivity index (χ1) is 6.00. The molecule has 0 aliphatic carbocycles. The van der Waals surface area contributed by atoms with Gasteiger partial charge in [-0.25, -0.2) is 9.59 Å². The van der Waals surface area contributed by atoms with E-state index in [1.165, 1.54) is 0 Å². The number of carboxylic acids is 1. The molecule has 1 heterocycles. The highest BCUT2D eigenvalue weighted by molar-refractivity contribution is 5.73. The molecule has 0 saturated heterocycles. The maximum atomic E-state index is 10.7. The molecule has 0 radical (unpaired) electrons. The van der Waals surface area contributed by atoms with E-state index in [2.05, 4.69) is 0 Å². The summed E-state index contributed by atoms with van der Waals surface area (Å²) in [5, 5.41) is 17.3. The van der Waals surface area contributed by atoms with Crippen molar-refractivity contribution in [3.05, 3.63) is 32.6 Å². The zero-order valence-corrected chi connectivity index (χ0v) is 6.27. The number of aliphatic hydroxyl groups is 1. The van der Waals surface area contributed by atoms with Gasteiger partial charge >= 0.3 is 11.7 Å². The molecule has 0 amide bonds. The second-order valence-electron chi connectivity index (χ2n) is 2.28. The first-order valence-electron chi connectivity index (χ1n) is 3.25. The number of hydrogen-bond donors (Lipinski definition) is 4. The molecule has 0 aliphatic rings. The van der Waals surface area contributed by atoms with Crippen molar-refractivity contribution in [2.45, 2.75) is 6.10 Å². The molecule has 7 heteroatoms. The van der Waals surface area contributed by atoms with Gasteiger partial charge in [0, 0.05) is 6.07 Å². The molecule has 1 rings (SSSR count). The molecule has 4 N–H and O–H groups in total. The summed E-state index contributed by atoms with van der Waals surface area (Å²) >= 11 is 0. The number of aliphatic hydroxyl groups excluding tert-OH is 1. The second-order valence-corrected chi connectivity index (χ2v) is 2.28. The summed E-state index contributed by atoms with van der Waals surface area (Å²) in [6.45, 7) is 0. The SMILES string of the molecule is O=C(O)C(O)c1cc(=O)[nH]c(=O)[nH]1. The van der Waals surface area contributed by atoms with E-state index in [4.69, 9.17) is 10.2 Å². The minimum Gasteiger partial charge on any atom is -0.479 e. The van der Waals surface area contributed by atoms with Crippen molar-refractivity contribution >= 4 is 5.97 Å². The van der Waals surface area contributed by atoms with Crippen molar-refractivity contribution in [1.29, 1.82) is 0 Å². The van der Waals surface area contributed by atoms with E-state index >= 15 is 0 Å². The fourth-order valence-corrected chi connectivity index (χ4v) is 0.768. The van der Waals surface area contributed by atoms with Gasteiger partial charge in [-0.3, -0.25) is 9.78 Å². The minimum atomic E-state index is -1.89. The Morgan fingerprint density at radius 1 is 1.38 bits per heavy atom. The van der Waals surface area contributed by atoms with Gasteiger partial charge < -0.3 is 15.2 Å². The zero-order valence-electron chi connectivity index (χ0n) is 6.27. The van der Waals surface area contributed by atoms with Crippen LogP contribution < -0.4 is 11.2 Å². The first-order valence-corrected chi connectivity index (χ1v) is 3.25. The second kappa shape index (κ2) is 3.23. The molecule has 70 valence electrons. The van der Waals surface area contributed by atoms with Crippen LogP contribution in [0, 0.1) is 0 Å². The summed E-state index contributed by atoms with van der Waals surface area (Å²) < 4.78 is 0. The van der Waals surface area contributed by atoms with Crippen molar-refractivity contribution in [3.63, 3.8) is 0 Å². The van der Waals surface area contributed by atoms with Gasteiger partial charge in [0.25, 0.3) is 5.56 Å². The van der Waals surface area contributed by atoms with Crippen LogP contribution in [0.15, 0.2) is 15.7 Å². The van der Waals surface area contributed by atoms with E-state index in [1.54, 1.807) is 0 Å². The van der Waals surface area contributed by atoms with Crippen LogP contribution in [0.4, 0.5) is 0 Å². The van der Waals surface area contributed by atoms with Crippen molar-refractivity contribution in [3.8, 4) is 0 Å². The van der Waals surface area contributed by atoms with E-state index in [0.29, 0.717) is 0 Å². The van der Waals surface area contributed by atoms with Gasteiger partial charge in [0.15, 0.2) is 6.10 Å². The van der Waals surface area contributed by atoms with Crippen LogP contribution in [0.1, 0.15) is 11.8 Å². The van der Waals surface area contributed by atoms with Gasteiger partial charge in [0.2, 0.25) is 0 Å². The molecule has 1 aromatic rings. The molecule has 0 saturated carbocycles. The Bertz CT molecular complexity index is 403. The molecule has 7 nitrogen and oxygen atoms in total. The molecule has 13 heavy (non-hydrogen) atoms. The van der Waals surface area contributed by atoms with Gasteiger partial charge in [-0.15, -0.1) is 0 Å². The van der Waals surface area contributed by atoms with Gasteiger partial charge in [-0.1, -0.05) is 0 Å². The van der Waals surface area contributed by atoms with Crippen LogP contribution in [-0.2, 0) is 4.79 Å². The summed E-state index contributed by atoms with van der Waals surface area (Å²) in [4.78, 5) is 35.3. The predicted molar refractivity (Wildman–Crippen MR) is 40.3 cm³/mol. The van der Waals surface area contributed by atoms with Gasteiger partial charge in [0.1, 0.15) is 0 Å². The lowest BCUT2D eigenvalue weighted by Crippen LogP contribution is -2.26. The summed E-state index contributed by atoms with van der Waals surface area (Å²) in [6, 6.07) is 0.806. The van der Waals surface area contributed by atoms with Gasteiger partial charge in [0.05, 0.1) is 5.69 Å². The minimum absolute atomic E-state index is 0.346. The maximum Gasteiger partial charge on any atom is 0.338 e. The standard InChI is InChI=1S/C6H6N2O5/c9-3-1-2(4(10)5(11)12)7-6(13)8-3/h1,4,10H,(H,11,12)(H2,7,8,9,13). The van der Waals surface area contributed by atoms with Gasteiger partial charge in [-0.05, 0) is 0 Å². The summed E-state index contributed by atoms with van der Waals surface area (Å²) in [5.74, 6) is -1.54. The third-order valence-electron chi connectivity index (χ3n) is 1.31. The average molecular weight is 186 g/mol. The molecular formula is C6H6N2O5. The molecular weight excluding hydrogens is 180 g/mol. The predicted octanol–water partition coefficient (Wildman–Crippen LogP) is -1.82. The number of carboxylic acid groups (broad SMARTS) is 1. The van der Waals surface area contributed by atoms with E-state index in [0.717, 1.165) is 6.07 Å². The topological polar surface area (TPSA) is 123 Å². The fourth-order valence-electron chi connectivity index (χ4n) is 0.768. The summed E-state index contributed by atoms with van der Waals surface area (Å²) in [5.41, 5.74) is -1.97. The highest BCUT2D eigenvalue weighted by Gasteiger charge is 2.17. The summed E-state index contributed by atoms with van der Waals surface area (Å²) in [6.07, 6.45) is -1.89. The zero-order chi connectivity index (χ0) is 10.0. The van der Waals surface area contributed by atoms with Crippen LogP contribution in [0.3, 0.4) is 0 Å². The Labute approximate surface area is 70.7 Å². The number of rotatable bonds is 2. The molecule has 0 fully saturated rings. The largest absolute Gasteiger partial charge is 0.479 e. The number of aromatic nitrogens is 2. The Morgan fingerprint density at radius 3 is 2.46 bits per heavy atom. The molecule has 0 spiro atoms. The van der Waals surface area contributed by atoms with Crippen LogP contribution >= 0.6 is 0 Å². The smallest absolute Gasteiger partial charge is 0.338 e. The molecule has 0 bridgehead atoms. The normalized spacial score (nSPS) is 12.4. The number of aromatic amines is 2. The van der Waals surface area contributed by atoms with Gasteiger partial charge in [-0.2, -0.15) is 0 Å². The quantitative estimate of drug-likeness (QED) is 0.433. The van der Waals surface area contributed by atoms with Crippen LogP contribution in [-0.4, -0.2) is 26.2 Å². The third-order valence-corrected chi connectivity index (χ3v) is 1.31. The van der Waals surface area contributed by atoms with E-state index in [1.807, 2.05) is 9.97 Å². The van der Waals surface area contributed by atoms with Crippen molar-refractivity contribution in [1.82, 2.24) is 9.97 Å². The molecule has 0 aromatic carbocycles. The number of H-pyrrole nitrogens is 2. The van der Waals surface area contributed by atoms with Crippen molar-refractivity contribution in [2.75, 3.05) is 0 Å². The summed E-state index contributed by atoms with van der Waals surface area (Å²) in [7, 11) is 0. The van der Waals surface area contributed by atoms with E-state index < -0.39 is 23.3 Å². The lowest BCUT2D eigenvalue weighted by molar-refractivity contribution is -0.147. The van der Waals surface area contributed by atoms with E-state index in [-0.39, 0.29) is 5.69 Å². The Kier molecular flexibility index (Phi) is 2.29. The molecule has 1 aromatic heterocycles. The number of carbonyl (C=O) groups is 1. The highest BCUT2D eigenvalue weighted by Crippen LogP contribution is 2.04. The fraction of sp³-hybridized carbons (Fsp3) is 0.167. The highest BCUT2D eigenvalue weighted by atomic mass is 16.4. The van der Waals surface area contributed by atoms with Crippen LogP contribution in [0.5, 0.6) is 0 Å². The average Bonchev–Trinajstić information content (AvgIpc) is 2.01.